The van der Waals surface area contributed by atoms with E-state index in [4.69, 9.17) is 10.3 Å². The number of fused-ring (bicyclic) bond motifs is 1. The maximum atomic E-state index is 6.20. The molecular weight excluding hydrogens is 318 g/mol. The summed E-state index contributed by atoms with van der Waals surface area (Å²) in [5, 5.41) is 8.44. The first kappa shape index (κ1) is 15.8. The van der Waals surface area contributed by atoms with Crippen LogP contribution in [-0.2, 0) is 12.0 Å². The Morgan fingerprint density at radius 1 is 1.26 bits per heavy atom. The standard InChI is InChI=1S/C14H17N7O.ClH/c1-8-6-9(2)21-13(16-8)17-10(19-21)7-11-18-12(20-22-11)14(15)4-3-5-14;/h6H,3-5,7,15H2,1-2H3;1H. The molecule has 0 spiro atoms. The average Bonchev–Trinajstić information content (AvgIpc) is 3.03. The van der Waals surface area contributed by atoms with Crippen LogP contribution in [0.4, 0.5) is 0 Å². The number of nitrogens with two attached hydrogens (primary N) is 1. The first-order valence-corrected chi connectivity index (χ1v) is 7.35. The van der Waals surface area contributed by atoms with Gasteiger partial charge in [0.05, 0.1) is 12.0 Å². The van der Waals surface area contributed by atoms with Gasteiger partial charge in [-0.05, 0) is 39.2 Å². The van der Waals surface area contributed by atoms with E-state index >= 15 is 0 Å². The van der Waals surface area contributed by atoms with Crippen LogP contribution in [0.25, 0.3) is 5.78 Å². The first-order chi connectivity index (χ1) is 10.5. The highest BCUT2D eigenvalue weighted by Crippen LogP contribution is 2.36. The van der Waals surface area contributed by atoms with Crippen LogP contribution in [0.1, 0.15) is 48.2 Å². The molecule has 1 aliphatic rings. The molecule has 1 fully saturated rings. The Bertz CT molecular complexity index is 852. The fraction of sp³-hybridized carbons (Fsp3) is 0.500. The molecule has 0 saturated heterocycles. The quantitative estimate of drug-likeness (QED) is 0.772. The molecule has 2 N–H and O–H groups in total. The number of nitrogens with zero attached hydrogens (tertiary/aromatic N) is 6. The van der Waals surface area contributed by atoms with Gasteiger partial charge in [-0.15, -0.1) is 17.5 Å². The minimum absolute atomic E-state index is 0. The van der Waals surface area contributed by atoms with Crippen LogP contribution in [0, 0.1) is 13.8 Å². The van der Waals surface area contributed by atoms with E-state index in [1.807, 2.05) is 19.9 Å². The highest BCUT2D eigenvalue weighted by Gasteiger charge is 2.39. The Kier molecular flexibility index (Phi) is 3.81. The van der Waals surface area contributed by atoms with Gasteiger partial charge < -0.3 is 10.3 Å². The van der Waals surface area contributed by atoms with E-state index in [0.717, 1.165) is 30.7 Å². The Morgan fingerprint density at radius 2 is 2.04 bits per heavy atom. The Morgan fingerprint density at radius 3 is 2.74 bits per heavy atom. The fourth-order valence-electron chi connectivity index (χ4n) is 2.73. The van der Waals surface area contributed by atoms with Crippen LogP contribution in [-0.4, -0.2) is 29.7 Å². The molecular formula is C14H18ClN7O. The second-order valence-corrected chi connectivity index (χ2v) is 5.98. The maximum absolute atomic E-state index is 6.20. The molecule has 0 aromatic carbocycles. The number of aryl methyl sites for hydroxylation is 2. The minimum Gasteiger partial charge on any atom is -0.339 e. The summed E-state index contributed by atoms with van der Waals surface area (Å²) >= 11 is 0. The Hall–Kier alpha value is -2.06. The van der Waals surface area contributed by atoms with Gasteiger partial charge in [0.25, 0.3) is 5.78 Å². The number of hydrogen-bond donors (Lipinski definition) is 1. The minimum atomic E-state index is -0.413. The molecule has 0 radical (unpaired) electrons. The number of aromatic nitrogens is 6. The van der Waals surface area contributed by atoms with Crippen LogP contribution < -0.4 is 5.73 Å². The predicted octanol–water partition coefficient (Wildman–Crippen LogP) is 1.47. The molecule has 0 atom stereocenters. The van der Waals surface area contributed by atoms with Crippen molar-refractivity contribution in [1.82, 2.24) is 29.7 Å². The number of rotatable bonds is 3. The van der Waals surface area contributed by atoms with Crippen LogP contribution in [0.2, 0.25) is 0 Å². The Labute approximate surface area is 138 Å². The molecule has 1 saturated carbocycles. The van der Waals surface area contributed by atoms with E-state index in [1.54, 1.807) is 4.52 Å². The zero-order valence-electron chi connectivity index (χ0n) is 13.0. The van der Waals surface area contributed by atoms with Crippen LogP contribution in [0.5, 0.6) is 0 Å². The molecule has 122 valence electrons. The molecule has 0 unspecified atom stereocenters. The molecule has 8 nitrogen and oxygen atoms in total. The largest absolute Gasteiger partial charge is 0.339 e. The van der Waals surface area contributed by atoms with Gasteiger partial charge >= 0.3 is 0 Å². The molecule has 0 amide bonds. The summed E-state index contributed by atoms with van der Waals surface area (Å²) in [6.45, 7) is 3.91. The van der Waals surface area contributed by atoms with Crippen molar-refractivity contribution in [3.63, 3.8) is 0 Å². The summed E-state index contributed by atoms with van der Waals surface area (Å²) < 4.78 is 7.01. The monoisotopic (exact) mass is 335 g/mol. The van der Waals surface area contributed by atoms with E-state index in [-0.39, 0.29) is 12.4 Å². The van der Waals surface area contributed by atoms with Crippen LogP contribution in [0.15, 0.2) is 10.6 Å². The van der Waals surface area contributed by atoms with E-state index in [9.17, 15) is 0 Å². The van der Waals surface area contributed by atoms with Crippen molar-refractivity contribution in [2.75, 3.05) is 0 Å². The van der Waals surface area contributed by atoms with Gasteiger partial charge in [0, 0.05) is 11.4 Å². The van der Waals surface area contributed by atoms with E-state index in [1.165, 1.54) is 0 Å². The van der Waals surface area contributed by atoms with Crippen molar-refractivity contribution >= 4 is 18.2 Å². The molecule has 23 heavy (non-hydrogen) atoms. The topological polar surface area (TPSA) is 108 Å². The van der Waals surface area contributed by atoms with Crippen molar-refractivity contribution < 1.29 is 4.52 Å². The lowest BCUT2D eigenvalue weighted by Gasteiger charge is -2.34. The summed E-state index contributed by atoms with van der Waals surface area (Å²) in [5.41, 5.74) is 7.69. The van der Waals surface area contributed by atoms with Gasteiger partial charge in [-0.1, -0.05) is 5.16 Å². The Balaban J connectivity index is 0.00000156. The van der Waals surface area contributed by atoms with Gasteiger partial charge in [0.15, 0.2) is 11.6 Å². The highest BCUT2D eigenvalue weighted by molar-refractivity contribution is 5.85. The maximum Gasteiger partial charge on any atom is 0.252 e. The second-order valence-electron chi connectivity index (χ2n) is 5.98. The lowest BCUT2D eigenvalue weighted by atomic mass is 9.77. The molecule has 3 heterocycles. The number of hydrogen-bond acceptors (Lipinski definition) is 7. The van der Waals surface area contributed by atoms with Gasteiger partial charge in [-0.2, -0.15) is 9.97 Å². The third kappa shape index (κ3) is 2.68. The summed E-state index contributed by atoms with van der Waals surface area (Å²) in [6, 6.07) is 1.96. The van der Waals surface area contributed by atoms with Gasteiger partial charge in [0.2, 0.25) is 5.89 Å². The molecule has 9 heteroatoms. The first-order valence-electron chi connectivity index (χ1n) is 7.35. The zero-order chi connectivity index (χ0) is 15.3. The summed E-state index contributed by atoms with van der Waals surface area (Å²) in [4.78, 5) is 13.2. The van der Waals surface area contributed by atoms with Crippen molar-refractivity contribution in [2.24, 2.45) is 5.73 Å². The summed E-state index contributed by atoms with van der Waals surface area (Å²) in [7, 11) is 0. The molecule has 0 aliphatic heterocycles. The van der Waals surface area contributed by atoms with E-state index in [2.05, 4.69) is 25.2 Å². The van der Waals surface area contributed by atoms with Crippen LogP contribution in [0.3, 0.4) is 0 Å². The van der Waals surface area contributed by atoms with Crippen molar-refractivity contribution in [3.8, 4) is 0 Å². The van der Waals surface area contributed by atoms with Crippen molar-refractivity contribution in [2.45, 2.75) is 45.1 Å². The molecule has 3 aromatic heterocycles. The third-order valence-corrected chi connectivity index (χ3v) is 4.13. The van der Waals surface area contributed by atoms with E-state index < -0.39 is 5.54 Å². The van der Waals surface area contributed by atoms with Crippen molar-refractivity contribution in [3.05, 3.63) is 35.0 Å². The molecule has 3 aromatic rings. The summed E-state index contributed by atoms with van der Waals surface area (Å²) in [6.07, 6.45) is 3.30. The van der Waals surface area contributed by atoms with Gasteiger partial charge in [0.1, 0.15) is 0 Å². The second kappa shape index (κ2) is 5.54. The summed E-state index contributed by atoms with van der Waals surface area (Å²) in [5.74, 6) is 2.26. The highest BCUT2D eigenvalue weighted by atomic mass is 35.5. The SMILES string of the molecule is Cc1cc(C)n2nc(Cc3nc(C4(N)CCC4)no3)nc2n1.Cl. The van der Waals surface area contributed by atoms with E-state index in [0.29, 0.717) is 29.7 Å². The lowest BCUT2D eigenvalue weighted by molar-refractivity contribution is 0.229. The smallest absolute Gasteiger partial charge is 0.252 e. The third-order valence-electron chi connectivity index (χ3n) is 4.13. The van der Waals surface area contributed by atoms with Gasteiger partial charge in [-0.25, -0.2) is 9.50 Å². The van der Waals surface area contributed by atoms with Crippen LogP contribution >= 0.6 is 12.4 Å². The predicted molar refractivity (Wildman–Crippen MR) is 84.3 cm³/mol. The molecule has 1 aliphatic carbocycles. The average molecular weight is 336 g/mol. The molecule has 0 bridgehead atoms. The molecule has 4 rings (SSSR count). The lowest BCUT2D eigenvalue weighted by Crippen LogP contribution is -2.44. The van der Waals surface area contributed by atoms with Crippen molar-refractivity contribution in [1.29, 1.82) is 0 Å². The normalized spacial score (nSPS) is 16.1. The fourth-order valence-corrected chi connectivity index (χ4v) is 2.73. The van der Waals surface area contributed by atoms with Gasteiger partial charge in [-0.3, -0.25) is 0 Å². The number of halogens is 1. The zero-order valence-corrected chi connectivity index (χ0v) is 13.8.